The zero-order valence-electron chi connectivity index (χ0n) is 15.7. The third kappa shape index (κ3) is 3.44. The van der Waals surface area contributed by atoms with E-state index in [-0.39, 0.29) is 11.5 Å². The van der Waals surface area contributed by atoms with Crippen LogP contribution in [0.5, 0.6) is 0 Å². The van der Waals surface area contributed by atoms with E-state index in [1.54, 1.807) is 36.5 Å². The number of hydrogen-bond acceptors (Lipinski definition) is 4. The zero-order valence-corrected chi connectivity index (χ0v) is 15.7. The van der Waals surface area contributed by atoms with E-state index in [1.165, 1.54) is 19.4 Å². The minimum absolute atomic E-state index is 0.111. The van der Waals surface area contributed by atoms with Crippen molar-refractivity contribution in [1.29, 1.82) is 0 Å². The van der Waals surface area contributed by atoms with Crippen molar-refractivity contribution < 1.29 is 23.2 Å². The number of benzene rings is 2. The van der Waals surface area contributed by atoms with E-state index < -0.39 is 23.0 Å². The van der Waals surface area contributed by atoms with Crippen molar-refractivity contribution in [3.63, 3.8) is 0 Å². The van der Waals surface area contributed by atoms with E-state index in [0.29, 0.717) is 22.2 Å². The first kappa shape index (κ1) is 19.4. The minimum Gasteiger partial charge on any atom is -0.345 e. The number of amides is 1. The van der Waals surface area contributed by atoms with E-state index in [0.717, 1.165) is 17.7 Å². The number of aromatic nitrogens is 2. The molecule has 30 heavy (non-hydrogen) atoms. The predicted octanol–water partition coefficient (Wildman–Crippen LogP) is 4.03. The molecule has 0 unspecified atom stereocenters. The molecule has 0 radical (unpaired) electrons. The number of hydrogen-bond donors (Lipinski definition) is 2. The molecule has 4 aromatic rings. The van der Waals surface area contributed by atoms with Crippen LogP contribution in [-0.2, 0) is 4.84 Å². The fourth-order valence-corrected chi connectivity index (χ4v) is 3.16. The van der Waals surface area contributed by atoms with Gasteiger partial charge in [0.2, 0.25) is 5.78 Å². The van der Waals surface area contributed by atoms with Gasteiger partial charge in [0, 0.05) is 34.5 Å². The Labute approximate surface area is 169 Å². The predicted molar refractivity (Wildman–Crippen MR) is 106 cm³/mol. The summed E-state index contributed by atoms with van der Waals surface area (Å²) in [5.74, 6) is -3.02. The number of nitrogens with one attached hydrogen (secondary N) is 2. The highest BCUT2D eigenvalue weighted by atomic mass is 19.1. The van der Waals surface area contributed by atoms with Gasteiger partial charge in [-0.1, -0.05) is 18.2 Å². The Kier molecular flexibility index (Phi) is 5.07. The summed E-state index contributed by atoms with van der Waals surface area (Å²) in [7, 11) is 1.34. The average molecular weight is 407 g/mol. The molecule has 0 aliphatic carbocycles. The molecule has 0 saturated carbocycles. The molecule has 2 aromatic heterocycles. The zero-order chi connectivity index (χ0) is 21.3. The van der Waals surface area contributed by atoms with Crippen molar-refractivity contribution in [3.05, 3.63) is 89.2 Å². The molecular formula is C22H15F2N3O3. The SMILES string of the molecule is CONC(=O)c1ccc(-c2cnc3[nH]cc(C(=O)c4c(F)cccc4F)c3c2)cc1. The van der Waals surface area contributed by atoms with Crippen molar-refractivity contribution in [2.24, 2.45) is 0 Å². The topological polar surface area (TPSA) is 84.1 Å². The van der Waals surface area contributed by atoms with Crippen LogP contribution in [0.2, 0.25) is 0 Å². The molecule has 0 fully saturated rings. The van der Waals surface area contributed by atoms with Crippen LogP contribution in [0.15, 0.2) is 60.9 Å². The van der Waals surface area contributed by atoms with Crippen LogP contribution in [-0.4, -0.2) is 28.8 Å². The molecule has 0 saturated heterocycles. The first-order valence-electron chi connectivity index (χ1n) is 8.89. The summed E-state index contributed by atoms with van der Waals surface area (Å²) < 4.78 is 28.1. The third-order valence-corrected chi connectivity index (χ3v) is 4.64. The third-order valence-electron chi connectivity index (χ3n) is 4.64. The second-order valence-corrected chi connectivity index (χ2v) is 6.46. The molecule has 150 valence electrons. The molecule has 0 aliphatic heterocycles. The van der Waals surface area contributed by atoms with Crippen LogP contribution in [0.1, 0.15) is 26.3 Å². The van der Waals surface area contributed by atoms with Gasteiger partial charge in [-0.2, -0.15) is 0 Å². The van der Waals surface area contributed by atoms with Crippen LogP contribution in [0.3, 0.4) is 0 Å². The van der Waals surface area contributed by atoms with Crippen LogP contribution >= 0.6 is 0 Å². The molecule has 6 nitrogen and oxygen atoms in total. The molecule has 2 N–H and O–H groups in total. The lowest BCUT2D eigenvalue weighted by Gasteiger charge is -2.06. The van der Waals surface area contributed by atoms with E-state index in [1.807, 2.05) is 0 Å². The maximum Gasteiger partial charge on any atom is 0.274 e. The van der Waals surface area contributed by atoms with Crippen molar-refractivity contribution in [1.82, 2.24) is 15.4 Å². The standard InChI is InChI=1S/C22H15F2N3O3/c1-30-27-22(29)13-7-5-12(6-8-13)14-9-15-16(11-26-21(15)25-10-14)20(28)19-17(23)3-2-4-18(19)24/h2-11H,1H3,(H,25,26)(H,27,29). The van der Waals surface area contributed by atoms with Gasteiger partial charge in [0.05, 0.1) is 12.7 Å². The Morgan fingerprint density at radius 1 is 1.03 bits per heavy atom. The minimum atomic E-state index is -0.927. The average Bonchev–Trinajstić information content (AvgIpc) is 3.17. The Morgan fingerprint density at radius 2 is 1.73 bits per heavy atom. The van der Waals surface area contributed by atoms with Gasteiger partial charge in [0.15, 0.2) is 0 Å². The van der Waals surface area contributed by atoms with E-state index in [4.69, 9.17) is 0 Å². The van der Waals surface area contributed by atoms with E-state index >= 15 is 0 Å². The summed E-state index contributed by atoms with van der Waals surface area (Å²) in [6, 6.07) is 11.7. The largest absolute Gasteiger partial charge is 0.345 e. The van der Waals surface area contributed by atoms with Crippen molar-refractivity contribution in [3.8, 4) is 11.1 Å². The summed E-state index contributed by atoms with van der Waals surface area (Å²) in [6.07, 6.45) is 2.98. The van der Waals surface area contributed by atoms with Crippen LogP contribution in [0.4, 0.5) is 8.78 Å². The van der Waals surface area contributed by atoms with Gasteiger partial charge < -0.3 is 4.98 Å². The number of carbonyl (C=O) groups excluding carboxylic acids is 2. The van der Waals surface area contributed by atoms with E-state index in [9.17, 15) is 18.4 Å². The Hall–Kier alpha value is -3.91. The molecule has 0 spiro atoms. The van der Waals surface area contributed by atoms with Crippen LogP contribution < -0.4 is 5.48 Å². The van der Waals surface area contributed by atoms with Gasteiger partial charge in [0.1, 0.15) is 17.3 Å². The molecule has 2 aromatic carbocycles. The van der Waals surface area contributed by atoms with Gasteiger partial charge in [-0.15, -0.1) is 0 Å². The second-order valence-electron chi connectivity index (χ2n) is 6.46. The molecule has 0 bridgehead atoms. The number of ketones is 1. The molecule has 1 amide bonds. The fourth-order valence-electron chi connectivity index (χ4n) is 3.16. The number of aromatic amines is 1. The van der Waals surface area contributed by atoms with Gasteiger partial charge in [-0.25, -0.2) is 19.2 Å². The highest BCUT2D eigenvalue weighted by Gasteiger charge is 2.22. The monoisotopic (exact) mass is 407 g/mol. The number of halogens is 2. The van der Waals surface area contributed by atoms with Crippen LogP contribution in [0, 0.1) is 11.6 Å². The lowest BCUT2D eigenvalue weighted by Crippen LogP contribution is -2.21. The molecule has 8 heteroatoms. The fraction of sp³-hybridized carbons (Fsp3) is 0.0455. The molecule has 4 rings (SSSR count). The Bertz CT molecular complexity index is 1250. The highest BCUT2D eigenvalue weighted by Crippen LogP contribution is 2.27. The number of carbonyl (C=O) groups is 2. The van der Waals surface area contributed by atoms with Gasteiger partial charge in [0.25, 0.3) is 5.91 Å². The van der Waals surface area contributed by atoms with Gasteiger partial charge in [-0.05, 0) is 35.9 Å². The number of pyridine rings is 1. The normalized spacial score (nSPS) is 10.9. The van der Waals surface area contributed by atoms with Gasteiger partial charge in [-0.3, -0.25) is 14.4 Å². The molecular weight excluding hydrogens is 392 g/mol. The van der Waals surface area contributed by atoms with Crippen molar-refractivity contribution in [2.45, 2.75) is 0 Å². The molecule has 0 aliphatic rings. The number of nitrogens with zero attached hydrogens (tertiary/aromatic N) is 1. The summed E-state index contributed by atoms with van der Waals surface area (Å²) in [5, 5.41) is 0.432. The molecule has 2 heterocycles. The maximum absolute atomic E-state index is 14.1. The number of hydroxylamine groups is 1. The molecule has 0 atom stereocenters. The Morgan fingerprint density at radius 3 is 2.40 bits per heavy atom. The first-order valence-corrected chi connectivity index (χ1v) is 8.89. The second kappa shape index (κ2) is 7.84. The number of rotatable bonds is 5. The first-order chi connectivity index (χ1) is 14.5. The maximum atomic E-state index is 14.1. The smallest absolute Gasteiger partial charge is 0.274 e. The van der Waals surface area contributed by atoms with Gasteiger partial charge >= 0.3 is 0 Å². The van der Waals surface area contributed by atoms with Crippen LogP contribution in [0.25, 0.3) is 22.2 Å². The lowest BCUT2D eigenvalue weighted by atomic mass is 10.00. The summed E-state index contributed by atoms with van der Waals surface area (Å²) in [4.78, 5) is 36.3. The Balaban J connectivity index is 1.73. The summed E-state index contributed by atoms with van der Waals surface area (Å²) in [6.45, 7) is 0. The number of H-pyrrole nitrogens is 1. The number of fused-ring (bicyclic) bond motifs is 1. The highest BCUT2D eigenvalue weighted by molar-refractivity contribution is 6.16. The quantitative estimate of drug-likeness (QED) is 0.387. The lowest BCUT2D eigenvalue weighted by molar-refractivity contribution is 0.0537. The van der Waals surface area contributed by atoms with Crippen molar-refractivity contribution in [2.75, 3.05) is 7.11 Å². The van der Waals surface area contributed by atoms with E-state index in [2.05, 4.69) is 20.3 Å². The van der Waals surface area contributed by atoms with Crippen molar-refractivity contribution >= 4 is 22.7 Å². The summed E-state index contributed by atoms with van der Waals surface area (Å²) >= 11 is 0. The summed E-state index contributed by atoms with van der Waals surface area (Å²) in [5.41, 5.74) is 3.96.